The van der Waals surface area contributed by atoms with Crippen LogP contribution in [0.25, 0.3) is 0 Å². The summed E-state index contributed by atoms with van der Waals surface area (Å²) >= 11 is 0. The van der Waals surface area contributed by atoms with Crippen LogP contribution in [-0.2, 0) is 0 Å². The molecule has 1 N–H and O–H groups in total. The molecule has 0 unspecified atom stereocenters. The third-order valence-electron chi connectivity index (χ3n) is 2.52. The Kier molecular flexibility index (Phi) is 4.14. The van der Waals surface area contributed by atoms with Crippen LogP contribution in [0.2, 0.25) is 0 Å². The maximum absolute atomic E-state index is 12.5. The standard InChI is InChI=1S/C11H7F7O2/c12-7-3-1-6(2-4-7)8(19)5-9(20,10(13,14)15)11(16,17)18/h1-4,20H,5H2. The average molecular weight is 304 g/mol. The predicted molar refractivity (Wildman–Crippen MR) is 52.4 cm³/mol. The molecule has 0 fully saturated rings. The number of hydrogen-bond acceptors (Lipinski definition) is 2. The zero-order valence-corrected chi connectivity index (χ0v) is 9.52. The van der Waals surface area contributed by atoms with E-state index in [2.05, 4.69) is 0 Å². The van der Waals surface area contributed by atoms with E-state index in [1.807, 2.05) is 0 Å². The number of hydrogen-bond donors (Lipinski definition) is 1. The molecular formula is C11H7F7O2. The SMILES string of the molecule is O=C(CC(O)(C(F)(F)F)C(F)(F)F)c1ccc(F)cc1. The largest absolute Gasteiger partial charge is 0.426 e. The smallest absolute Gasteiger partial charge is 0.373 e. The number of rotatable bonds is 3. The molecule has 0 heterocycles. The molecule has 0 saturated carbocycles. The molecular weight excluding hydrogens is 297 g/mol. The van der Waals surface area contributed by atoms with Crippen molar-refractivity contribution < 1.29 is 40.6 Å². The van der Waals surface area contributed by atoms with Gasteiger partial charge in [-0.3, -0.25) is 4.79 Å². The van der Waals surface area contributed by atoms with Gasteiger partial charge in [-0.25, -0.2) is 4.39 Å². The Labute approximate surface area is 107 Å². The molecule has 0 bridgehead atoms. The zero-order chi connectivity index (χ0) is 15.8. The molecule has 0 amide bonds. The van der Waals surface area contributed by atoms with Gasteiger partial charge in [0.2, 0.25) is 0 Å². The number of ketones is 1. The number of carbonyl (C=O) groups excluding carboxylic acids is 1. The van der Waals surface area contributed by atoms with Crippen molar-refractivity contribution in [2.24, 2.45) is 0 Å². The maximum atomic E-state index is 12.5. The first-order chi connectivity index (χ1) is 8.88. The summed E-state index contributed by atoms with van der Waals surface area (Å²) in [7, 11) is 0. The molecule has 112 valence electrons. The van der Waals surface area contributed by atoms with Crippen LogP contribution in [0.4, 0.5) is 30.7 Å². The van der Waals surface area contributed by atoms with E-state index < -0.39 is 41.5 Å². The van der Waals surface area contributed by atoms with Gasteiger partial charge in [-0.1, -0.05) is 0 Å². The third kappa shape index (κ3) is 3.09. The van der Waals surface area contributed by atoms with Crippen LogP contribution in [0, 0.1) is 5.82 Å². The summed E-state index contributed by atoms with van der Waals surface area (Å²) in [6.07, 6.45) is -14.4. The van der Waals surface area contributed by atoms with Gasteiger partial charge in [0.25, 0.3) is 5.60 Å². The average Bonchev–Trinajstić information content (AvgIpc) is 2.26. The molecule has 2 nitrogen and oxygen atoms in total. The van der Waals surface area contributed by atoms with Crippen molar-refractivity contribution in [2.45, 2.75) is 24.4 Å². The fourth-order valence-electron chi connectivity index (χ4n) is 1.33. The molecule has 0 aliphatic heterocycles. The summed E-state index contributed by atoms with van der Waals surface area (Å²) in [6.45, 7) is 0. The summed E-state index contributed by atoms with van der Waals surface area (Å²) < 4.78 is 86.7. The molecule has 9 heteroatoms. The highest BCUT2D eigenvalue weighted by Gasteiger charge is 2.70. The first-order valence-electron chi connectivity index (χ1n) is 5.03. The lowest BCUT2D eigenvalue weighted by atomic mass is 9.92. The van der Waals surface area contributed by atoms with E-state index >= 15 is 0 Å². The molecule has 0 atom stereocenters. The number of Topliss-reactive ketones (excluding diaryl/α,β-unsaturated/α-hetero) is 1. The van der Waals surface area contributed by atoms with Gasteiger partial charge in [-0.15, -0.1) is 0 Å². The second-order valence-corrected chi connectivity index (χ2v) is 3.96. The molecule has 1 aromatic rings. The fourth-order valence-corrected chi connectivity index (χ4v) is 1.33. The van der Waals surface area contributed by atoms with Crippen molar-refractivity contribution >= 4 is 5.78 Å². The van der Waals surface area contributed by atoms with Crippen molar-refractivity contribution in [3.63, 3.8) is 0 Å². The Morgan fingerprint density at radius 2 is 1.35 bits per heavy atom. The fraction of sp³-hybridized carbons (Fsp3) is 0.364. The van der Waals surface area contributed by atoms with E-state index in [1.54, 1.807) is 0 Å². The summed E-state index contributed by atoms with van der Waals surface area (Å²) in [5.74, 6) is -2.43. The Balaban J connectivity index is 3.09. The number of carbonyl (C=O) groups is 1. The highest BCUT2D eigenvalue weighted by atomic mass is 19.4. The van der Waals surface area contributed by atoms with Crippen molar-refractivity contribution in [3.05, 3.63) is 35.6 Å². The van der Waals surface area contributed by atoms with Crippen molar-refractivity contribution in [2.75, 3.05) is 0 Å². The molecule has 20 heavy (non-hydrogen) atoms. The summed E-state index contributed by atoms with van der Waals surface area (Å²) in [6, 6.07) is 2.86. The van der Waals surface area contributed by atoms with E-state index in [0.29, 0.717) is 12.1 Å². The second kappa shape index (κ2) is 5.04. The van der Waals surface area contributed by atoms with Crippen LogP contribution in [0.3, 0.4) is 0 Å². The normalized spacial score (nSPS) is 13.4. The summed E-state index contributed by atoms with van der Waals surface area (Å²) in [5, 5.41) is 8.83. The maximum Gasteiger partial charge on any atom is 0.426 e. The van der Waals surface area contributed by atoms with Gasteiger partial charge in [0.15, 0.2) is 5.78 Å². The number of halogens is 7. The van der Waals surface area contributed by atoms with E-state index in [4.69, 9.17) is 5.11 Å². The van der Waals surface area contributed by atoms with E-state index in [0.717, 1.165) is 12.1 Å². The first kappa shape index (κ1) is 16.4. The lowest BCUT2D eigenvalue weighted by molar-refractivity contribution is -0.365. The van der Waals surface area contributed by atoms with Gasteiger partial charge in [-0.05, 0) is 24.3 Å². The molecule has 0 spiro atoms. The van der Waals surface area contributed by atoms with E-state index in [1.165, 1.54) is 0 Å². The Bertz CT molecular complexity index is 473. The van der Waals surface area contributed by atoms with Crippen molar-refractivity contribution in [1.29, 1.82) is 0 Å². The summed E-state index contributed by atoms with van der Waals surface area (Å²) in [5.41, 5.74) is -5.72. The van der Waals surface area contributed by atoms with Gasteiger partial charge < -0.3 is 5.11 Å². The van der Waals surface area contributed by atoms with E-state index in [9.17, 15) is 35.5 Å². The van der Waals surface area contributed by atoms with Crippen LogP contribution >= 0.6 is 0 Å². The summed E-state index contributed by atoms with van der Waals surface area (Å²) in [4.78, 5) is 11.4. The minimum absolute atomic E-state index is 0.571. The molecule has 0 saturated heterocycles. The Morgan fingerprint density at radius 1 is 0.950 bits per heavy atom. The zero-order valence-electron chi connectivity index (χ0n) is 9.52. The van der Waals surface area contributed by atoms with Gasteiger partial charge in [-0.2, -0.15) is 26.3 Å². The highest BCUT2D eigenvalue weighted by Crippen LogP contribution is 2.45. The minimum atomic E-state index is -6.07. The predicted octanol–water partition coefficient (Wildman–Crippen LogP) is 3.25. The van der Waals surface area contributed by atoms with Crippen LogP contribution in [-0.4, -0.2) is 28.8 Å². The molecule has 1 aromatic carbocycles. The van der Waals surface area contributed by atoms with Crippen LogP contribution < -0.4 is 0 Å². The number of aliphatic hydroxyl groups is 1. The Morgan fingerprint density at radius 3 is 1.70 bits per heavy atom. The van der Waals surface area contributed by atoms with Crippen molar-refractivity contribution in [3.8, 4) is 0 Å². The third-order valence-corrected chi connectivity index (χ3v) is 2.52. The molecule has 0 aliphatic rings. The van der Waals surface area contributed by atoms with Gasteiger partial charge >= 0.3 is 12.4 Å². The number of alkyl halides is 6. The quantitative estimate of drug-likeness (QED) is 0.687. The van der Waals surface area contributed by atoms with Crippen molar-refractivity contribution in [1.82, 2.24) is 0 Å². The van der Waals surface area contributed by atoms with Crippen LogP contribution in [0.1, 0.15) is 16.8 Å². The second-order valence-electron chi connectivity index (χ2n) is 3.96. The van der Waals surface area contributed by atoms with Gasteiger partial charge in [0, 0.05) is 5.56 Å². The molecule has 0 aromatic heterocycles. The topological polar surface area (TPSA) is 37.3 Å². The molecule has 0 aliphatic carbocycles. The Hall–Kier alpha value is -1.64. The highest BCUT2D eigenvalue weighted by molar-refractivity contribution is 5.96. The lowest BCUT2D eigenvalue weighted by Crippen LogP contribution is -2.57. The van der Waals surface area contributed by atoms with Crippen LogP contribution in [0.5, 0.6) is 0 Å². The molecule has 0 radical (unpaired) electrons. The first-order valence-corrected chi connectivity index (χ1v) is 5.03. The van der Waals surface area contributed by atoms with E-state index in [-0.39, 0.29) is 0 Å². The lowest BCUT2D eigenvalue weighted by Gasteiger charge is -2.31. The van der Waals surface area contributed by atoms with Gasteiger partial charge in [0.05, 0.1) is 6.42 Å². The van der Waals surface area contributed by atoms with Crippen LogP contribution in [0.15, 0.2) is 24.3 Å². The monoisotopic (exact) mass is 304 g/mol. The van der Waals surface area contributed by atoms with Gasteiger partial charge in [0.1, 0.15) is 5.82 Å². The minimum Gasteiger partial charge on any atom is -0.373 e. The number of benzene rings is 1. The molecule has 1 rings (SSSR count).